The SMILES string of the molecule is CCCCCCCCCCCCCCC#CC#CCN. The molecule has 0 aliphatic rings. The average molecular weight is 275 g/mol. The van der Waals surface area contributed by atoms with Gasteiger partial charge in [-0.1, -0.05) is 89.4 Å². The van der Waals surface area contributed by atoms with E-state index in [9.17, 15) is 0 Å². The second-order valence-corrected chi connectivity index (χ2v) is 5.45. The summed E-state index contributed by atoms with van der Waals surface area (Å²) in [5.41, 5.74) is 5.25. The molecule has 0 rings (SSSR count). The molecule has 0 heterocycles. The van der Waals surface area contributed by atoms with Gasteiger partial charge in [-0.15, -0.1) is 0 Å². The fourth-order valence-electron chi connectivity index (χ4n) is 2.26. The summed E-state index contributed by atoms with van der Waals surface area (Å²) >= 11 is 0. The fraction of sp³-hybridized carbons (Fsp3) is 0.789. The second kappa shape index (κ2) is 18.1. The molecule has 0 spiro atoms. The third kappa shape index (κ3) is 17.1. The fourth-order valence-corrected chi connectivity index (χ4v) is 2.26. The van der Waals surface area contributed by atoms with Crippen LogP contribution in [0.2, 0.25) is 0 Å². The summed E-state index contributed by atoms with van der Waals surface area (Å²) in [4.78, 5) is 0. The first-order valence-corrected chi connectivity index (χ1v) is 8.57. The van der Waals surface area contributed by atoms with Crippen LogP contribution < -0.4 is 5.73 Å². The first-order valence-electron chi connectivity index (χ1n) is 8.57. The Hall–Kier alpha value is -0.920. The minimum Gasteiger partial charge on any atom is -0.320 e. The molecule has 1 heteroatoms. The van der Waals surface area contributed by atoms with Gasteiger partial charge in [0.2, 0.25) is 0 Å². The average Bonchev–Trinajstić information content (AvgIpc) is 2.47. The van der Waals surface area contributed by atoms with Gasteiger partial charge in [0.25, 0.3) is 0 Å². The third-order valence-electron chi connectivity index (χ3n) is 3.50. The normalized spacial score (nSPS) is 9.50. The lowest BCUT2D eigenvalue weighted by molar-refractivity contribution is 0.545. The van der Waals surface area contributed by atoms with E-state index in [1.54, 1.807) is 0 Å². The van der Waals surface area contributed by atoms with E-state index in [-0.39, 0.29) is 0 Å². The molecule has 0 amide bonds. The lowest BCUT2D eigenvalue weighted by Gasteiger charge is -2.01. The molecule has 20 heavy (non-hydrogen) atoms. The zero-order valence-electron chi connectivity index (χ0n) is 13.5. The summed E-state index contributed by atoms with van der Waals surface area (Å²) in [6, 6.07) is 0. The maximum Gasteiger partial charge on any atom is 0.0561 e. The van der Waals surface area contributed by atoms with Gasteiger partial charge >= 0.3 is 0 Å². The van der Waals surface area contributed by atoms with Crippen molar-refractivity contribution in [3.8, 4) is 23.7 Å². The molecule has 0 aromatic heterocycles. The quantitative estimate of drug-likeness (QED) is 0.392. The third-order valence-corrected chi connectivity index (χ3v) is 3.50. The van der Waals surface area contributed by atoms with Gasteiger partial charge in [-0.3, -0.25) is 0 Å². The molecule has 0 aromatic rings. The molecule has 2 N–H and O–H groups in total. The molecular formula is C19H33N. The van der Waals surface area contributed by atoms with Crippen LogP contribution in [-0.2, 0) is 0 Å². The van der Waals surface area contributed by atoms with Gasteiger partial charge in [0, 0.05) is 6.42 Å². The van der Waals surface area contributed by atoms with E-state index in [0.717, 1.165) is 6.42 Å². The molecule has 0 aliphatic carbocycles. The molecule has 114 valence electrons. The van der Waals surface area contributed by atoms with Gasteiger partial charge in [-0.05, 0) is 18.3 Å². The Labute approximate surface area is 127 Å². The Morgan fingerprint density at radius 3 is 1.55 bits per heavy atom. The van der Waals surface area contributed by atoms with Crippen LogP contribution in [-0.4, -0.2) is 6.54 Å². The second-order valence-electron chi connectivity index (χ2n) is 5.45. The first-order chi connectivity index (χ1) is 9.91. The largest absolute Gasteiger partial charge is 0.320 e. The number of nitrogens with two attached hydrogens (primary N) is 1. The van der Waals surface area contributed by atoms with Crippen LogP contribution in [0.15, 0.2) is 0 Å². The maximum absolute atomic E-state index is 5.25. The van der Waals surface area contributed by atoms with Crippen LogP contribution in [0.5, 0.6) is 0 Å². The maximum atomic E-state index is 5.25. The summed E-state index contributed by atoms with van der Waals surface area (Å²) < 4.78 is 0. The van der Waals surface area contributed by atoms with Crippen molar-refractivity contribution in [2.45, 2.75) is 90.4 Å². The highest BCUT2D eigenvalue weighted by molar-refractivity contribution is 5.25. The van der Waals surface area contributed by atoms with Gasteiger partial charge in [0.1, 0.15) is 0 Å². The van der Waals surface area contributed by atoms with Gasteiger partial charge in [0.15, 0.2) is 0 Å². The van der Waals surface area contributed by atoms with E-state index in [4.69, 9.17) is 5.73 Å². The molecule has 0 radical (unpaired) electrons. The molecular weight excluding hydrogens is 242 g/mol. The predicted octanol–water partition coefficient (Wildman–Crippen LogP) is 5.04. The van der Waals surface area contributed by atoms with Crippen LogP contribution in [0.1, 0.15) is 90.4 Å². The van der Waals surface area contributed by atoms with E-state index in [2.05, 4.69) is 30.6 Å². The molecule has 0 fully saturated rings. The highest BCUT2D eigenvalue weighted by Gasteiger charge is 1.92. The van der Waals surface area contributed by atoms with Crippen molar-refractivity contribution in [1.82, 2.24) is 0 Å². The number of hydrogen-bond donors (Lipinski definition) is 1. The molecule has 0 saturated heterocycles. The Balaban J connectivity index is 3.07. The summed E-state index contributed by atoms with van der Waals surface area (Å²) in [5, 5.41) is 0. The zero-order valence-corrected chi connectivity index (χ0v) is 13.5. The van der Waals surface area contributed by atoms with Crippen molar-refractivity contribution in [1.29, 1.82) is 0 Å². The highest BCUT2D eigenvalue weighted by Crippen LogP contribution is 2.12. The van der Waals surface area contributed by atoms with Gasteiger partial charge in [-0.2, -0.15) is 0 Å². The predicted molar refractivity (Wildman–Crippen MR) is 90.3 cm³/mol. The summed E-state index contributed by atoms with van der Waals surface area (Å²) in [6.07, 6.45) is 17.7. The standard InChI is InChI=1S/C19H33N/c1-2-3-4-5-6-7-8-9-10-11-12-13-14-15-16-17-18-19-20/h2-14,19-20H2,1H3. The van der Waals surface area contributed by atoms with Crippen LogP contribution in [0, 0.1) is 23.7 Å². The minimum absolute atomic E-state index is 0.410. The van der Waals surface area contributed by atoms with Crippen molar-refractivity contribution in [2.75, 3.05) is 6.54 Å². The van der Waals surface area contributed by atoms with Crippen LogP contribution in [0.25, 0.3) is 0 Å². The zero-order chi connectivity index (χ0) is 14.7. The lowest BCUT2D eigenvalue weighted by Crippen LogP contribution is -1.92. The molecule has 0 aromatic carbocycles. The summed E-state index contributed by atoms with van der Waals surface area (Å²) in [7, 11) is 0. The van der Waals surface area contributed by atoms with Crippen molar-refractivity contribution in [3.05, 3.63) is 0 Å². The van der Waals surface area contributed by atoms with Crippen LogP contribution >= 0.6 is 0 Å². The number of hydrogen-bond acceptors (Lipinski definition) is 1. The Morgan fingerprint density at radius 2 is 1.05 bits per heavy atom. The number of unbranched alkanes of at least 4 members (excludes halogenated alkanes) is 12. The molecule has 0 aliphatic heterocycles. The van der Waals surface area contributed by atoms with E-state index >= 15 is 0 Å². The van der Waals surface area contributed by atoms with Crippen LogP contribution in [0.3, 0.4) is 0 Å². The Bertz CT molecular complexity index is 297. The van der Waals surface area contributed by atoms with E-state index in [1.165, 1.54) is 77.0 Å². The summed E-state index contributed by atoms with van der Waals surface area (Å²) in [6.45, 7) is 2.69. The Kier molecular flexibility index (Phi) is 17.2. The smallest absolute Gasteiger partial charge is 0.0561 e. The molecule has 1 nitrogen and oxygen atoms in total. The lowest BCUT2D eigenvalue weighted by atomic mass is 10.0. The topological polar surface area (TPSA) is 26.0 Å². The molecule has 0 bridgehead atoms. The highest BCUT2D eigenvalue weighted by atomic mass is 14.5. The van der Waals surface area contributed by atoms with E-state index in [1.807, 2.05) is 0 Å². The number of rotatable bonds is 12. The molecule has 0 saturated carbocycles. The van der Waals surface area contributed by atoms with Crippen molar-refractivity contribution >= 4 is 0 Å². The summed E-state index contributed by atoms with van der Waals surface area (Å²) in [5.74, 6) is 11.4. The van der Waals surface area contributed by atoms with Gasteiger partial charge in [0.05, 0.1) is 6.54 Å². The van der Waals surface area contributed by atoms with Crippen molar-refractivity contribution < 1.29 is 0 Å². The van der Waals surface area contributed by atoms with E-state index < -0.39 is 0 Å². The first kappa shape index (κ1) is 19.1. The van der Waals surface area contributed by atoms with Crippen molar-refractivity contribution in [2.24, 2.45) is 5.73 Å². The molecule has 0 unspecified atom stereocenters. The monoisotopic (exact) mass is 275 g/mol. The van der Waals surface area contributed by atoms with E-state index in [0.29, 0.717) is 6.54 Å². The van der Waals surface area contributed by atoms with Gasteiger partial charge < -0.3 is 5.73 Å². The van der Waals surface area contributed by atoms with Crippen LogP contribution in [0.4, 0.5) is 0 Å². The van der Waals surface area contributed by atoms with Gasteiger partial charge in [-0.25, -0.2) is 0 Å². The molecule has 0 atom stereocenters. The Morgan fingerprint density at radius 1 is 0.600 bits per heavy atom. The minimum atomic E-state index is 0.410. The van der Waals surface area contributed by atoms with Crippen molar-refractivity contribution in [3.63, 3.8) is 0 Å².